The van der Waals surface area contributed by atoms with Crippen LogP contribution in [0.25, 0.3) is 21.5 Å². The van der Waals surface area contributed by atoms with E-state index in [1.54, 1.807) is 6.07 Å². The second kappa shape index (κ2) is 6.94. The minimum Gasteiger partial charge on any atom is -0.385 e. The maximum Gasteiger partial charge on any atom is 0.416 e. The first-order chi connectivity index (χ1) is 12.6. The largest absolute Gasteiger partial charge is 0.416 e. The van der Waals surface area contributed by atoms with E-state index in [1.165, 1.54) is 12.1 Å². The van der Waals surface area contributed by atoms with Gasteiger partial charge in [0.25, 0.3) is 0 Å². The van der Waals surface area contributed by atoms with Crippen molar-refractivity contribution >= 4 is 27.2 Å². The Kier molecular flexibility index (Phi) is 4.97. The third-order valence-corrected chi connectivity index (χ3v) is 4.45. The zero-order chi connectivity index (χ0) is 19.8. The van der Waals surface area contributed by atoms with Crippen LogP contribution in [0.2, 0.25) is 0 Å². The summed E-state index contributed by atoms with van der Waals surface area (Å²) in [6.07, 6.45) is -7.34. The maximum atomic E-state index is 13.1. The van der Waals surface area contributed by atoms with E-state index in [1.807, 2.05) is 6.92 Å². The lowest BCUT2D eigenvalue weighted by molar-refractivity contribution is -0.138. The van der Waals surface area contributed by atoms with Crippen molar-refractivity contribution in [1.82, 2.24) is 0 Å². The second-order valence-electron chi connectivity index (χ2n) is 6.40. The molecule has 0 fully saturated rings. The van der Waals surface area contributed by atoms with E-state index in [4.69, 9.17) is 0 Å². The number of halogens is 6. The molecule has 3 aromatic carbocycles. The molecule has 0 aliphatic carbocycles. The normalized spacial score (nSPS) is 12.7. The third-order valence-electron chi connectivity index (χ3n) is 4.45. The van der Waals surface area contributed by atoms with Crippen LogP contribution in [0.4, 0.5) is 32.0 Å². The van der Waals surface area contributed by atoms with Gasteiger partial charge in [-0.15, -0.1) is 0 Å². The number of fused-ring (bicyclic) bond motifs is 3. The second-order valence-corrected chi connectivity index (χ2v) is 6.40. The first kappa shape index (κ1) is 19.3. The topological polar surface area (TPSA) is 12.0 Å². The van der Waals surface area contributed by atoms with Gasteiger partial charge in [0.05, 0.1) is 11.1 Å². The summed E-state index contributed by atoms with van der Waals surface area (Å²) in [4.78, 5) is 0. The molecule has 1 nitrogen and oxygen atoms in total. The van der Waals surface area contributed by atoms with E-state index in [0.717, 1.165) is 37.1 Å². The highest BCUT2D eigenvalue weighted by Gasteiger charge is 2.32. The highest BCUT2D eigenvalue weighted by molar-refractivity contribution is 6.13. The number of alkyl halides is 6. The molecule has 0 amide bonds. The molecule has 0 saturated carbocycles. The number of benzene rings is 3. The van der Waals surface area contributed by atoms with Gasteiger partial charge in [0, 0.05) is 17.6 Å². The fourth-order valence-electron chi connectivity index (χ4n) is 3.05. The smallest absolute Gasteiger partial charge is 0.385 e. The highest BCUT2D eigenvalue weighted by atomic mass is 19.4. The minimum absolute atomic E-state index is 0.145. The molecular formula is C20H17F6N. The van der Waals surface area contributed by atoms with Gasteiger partial charge in [0.1, 0.15) is 0 Å². The fourth-order valence-corrected chi connectivity index (χ4v) is 3.05. The first-order valence-electron chi connectivity index (χ1n) is 8.50. The molecular weight excluding hydrogens is 368 g/mol. The zero-order valence-electron chi connectivity index (χ0n) is 14.4. The average molecular weight is 385 g/mol. The lowest BCUT2D eigenvalue weighted by atomic mass is 9.96. The Morgan fingerprint density at radius 3 is 1.93 bits per heavy atom. The minimum atomic E-state index is -4.58. The lowest BCUT2D eigenvalue weighted by Gasteiger charge is -2.16. The number of unbranched alkanes of at least 4 members (excludes halogenated alkanes) is 1. The van der Waals surface area contributed by atoms with Gasteiger partial charge in [-0.05, 0) is 52.9 Å². The van der Waals surface area contributed by atoms with Crippen molar-refractivity contribution in [3.63, 3.8) is 0 Å². The molecule has 0 aromatic heterocycles. The molecule has 0 unspecified atom stereocenters. The fraction of sp³-hybridized carbons (Fsp3) is 0.300. The number of hydrogen-bond acceptors (Lipinski definition) is 1. The van der Waals surface area contributed by atoms with Crippen molar-refractivity contribution in [3.8, 4) is 0 Å². The average Bonchev–Trinajstić information content (AvgIpc) is 2.59. The van der Waals surface area contributed by atoms with Crippen LogP contribution < -0.4 is 5.32 Å². The van der Waals surface area contributed by atoms with Crippen LogP contribution in [0.5, 0.6) is 0 Å². The van der Waals surface area contributed by atoms with Crippen LogP contribution in [0.15, 0.2) is 42.5 Å². The molecule has 1 N–H and O–H groups in total. The lowest BCUT2D eigenvalue weighted by Crippen LogP contribution is -2.06. The molecule has 0 radical (unpaired) electrons. The summed E-state index contributed by atoms with van der Waals surface area (Å²) in [5.74, 6) is 0. The predicted octanol–water partition coefficient (Wildman–Crippen LogP) is 7.24. The molecule has 0 atom stereocenters. The Balaban J connectivity index is 2.29. The number of nitrogens with one attached hydrogen (secondary N) is 1. The SMILES string of the molecule is CCCCNc1cc2ccc(C(F)(F)F)cc2c2cc(C(F)(F)F)ccc12. The van der Waals surface area contributed by atoms with Crippen LogP contribution in [0.3, 0.4) is 0 Å². The maximum absolute atomic E-state index is 13.1. The van der Waals surface area contributed by atoms with Crippen molar-refractivity contribution < 1.29 is 26.3 Å². The molecule has 3 rings (SSSR count). The van der Waals surface area contributed by atoms with E-state index in [2.05, 4.69) is 5.32 Å². The standard InChI is InChI=1S/C20H17F6N/c1-2-3-8-27-18-9-12-4-5-13(19(21,22)23)10-16(12)17-11-14(20(24,25)26)6-7-15(17)18/h4-7,9-11,27H,2-3,8H2,1H3. The van der Waals surface area contributed by atoms with Gasteiger partial charge in [-0.3, -0.25) is 0 Å². The van der Waals surface area contributed by atoms with Gasteiger partial charge in [0.15, 0.2) is 0 Å². The molecule has 0 aliphatic rings. The van der Waals surface area contributed by atoms with Gasteiger partial charge in [0.2, 0.25) is 0 Å². The summed E-state index contributed by atoms with van der Waals surface area (Å²) >= 11 is 0. The van der Waals surface area contributed by atoms with Crippen LogP contribution in [0, 0.1) is 0 Å². The van der Waals surface area contributed by atoms with E-state index < -0.39 is 23.5 Å². The third kappa shape index (κ3) is 3.96. The van der Waals surface area contributed by atoms with Crippen LogP contribution in [0.1, 0.15) is 30.9 Å². The van der Waals surface area contributed by atoms with Crippen molar-refractivity contribution in [2.75, 3.05) is 11.9 Å². The Morgan fingerprint density at radius 2 is 1.33 bits per heavy atom. The Labute approximate surface area is 152 Å². The van der Waals surface area contributed by atoms with Crippen LogP contribution in [-0.2, 0) is 12.4 Å². The molecule has 0 spiro atoms. The Hall–Kier alpha value is -2.44. The van der Waals surface area contributed by atoms with Crippen molar-refractivity contribution in [1.29, 1.82) is 0 Å². The van der Waals surface area contributed by atoms with Crippen molar-refractivity contribution in [2.24, 2.45) is 0 Å². The molecule has 0 saturated heterocycles. The van der Waals surface area contributed by atoms with Gasteiger partial charge in [-0.2, -0.15) is 26.3 Å². The van der Waals surface area contributed by atoms with Gasteiger partial charge < -0.3 is 5.32 Å². The Bertz CT molecular complexity index is 972. The number of hydrogen-bond donors (Lipinski definition) is 1. The van der Waals surface area contributed by atoms with E-state index in [9.17, 15) is 26.3 Å². The quantitative estimate of drug-likeness (QED) is 0.283. The summed E-state index contributed by atoms with van der Waals surface area (Å²) < 4.78 is 78.6. The molecule has 0 heterocycles. The summed E-state index contributed by atoms with van der Waals surface area (Å²) in [7, 11) is 0. The van der Waals surface area contributed by atoms with Gasteiger partial charge in [-0.25, -0.2) is 0 Å². The summed E-state index contributed by atoms with van der Waals surface area (Å²) in [6, 6.07) is 8.01. The van der Waals surface area contributed by atoms with Crippen LogP contribution in [-0.4, -0.2) is 6.54 Å². The molecule has 27 heavy (non-hydrogen) atoms. The zero-order valence-corrected chi connectivity index (χ0v) is 14.4. The van der Waals surface area contributed by atoms with E-state index in [0.29, 0.717) is 23.0 Å². The van der Waals surface area contributed by atoms with Crippen LogP contribution >= 0.6 is 0 Å². The molecule has 144 valence electrons. The van der Waals surface area contributed by atoms with E-state index in [-0.39, 0.29) is 10.8 Å². The van der Waals surface area contributed by atoms with Crippen molar-refractivity contribution in [3.05, 3.63) is 53.6 Å². The summed E-state index contributed by atoms with van der Waals surface area (Å²) in [5.41, 5.74) is -1.17. The molecule has 0 aliphatic heterocycles. The summed E-state index contributed by atoms with van der Waals surface area (Å²) in [6.45, 7) is 2.63. The molecule has 0 bridgehead atoms. The molecule has 3 aromatic rings. The predicted molar refractivity (Wildman–Crippen MR) is 94.9 cm³/mol. The highest BCUT2D eigenvalue weighted by Crippen LogP contribution is 2.39. The van der Waals surface area contributed by atoms with Gasteiger partial charge >= 0.3 is 12.4 Å². The monoisotopic (exact) mass is 385 g/mol. The number of anilines is 1. The van der Waals surface area contributed by atoms with Crippen molar-refractivity contribution in [2.45, 2.75) is 32.1 Å². The number of rotatable bonds is 4. The van der Waals surface area contributed by atoms with E-state index >= 15 is 0 Å². The molecule has 7 heteroatoms. The van der Waals surface area contributed by atoms with Gasteiger partial charge in [-0.1, -0.05) is 25.5 Å². The Morgan fingerprint density at radius 1 is 0.741 bits per heavy atom. The summed E-state index contributed by atoms with van der Waals surface area (Å²) in [5, 5.41) is 4.39. The first-order valence-corrected chi connectivity index (χ1v) is 8.50.